The summed E-state index contributed by atoms with van der Waals surface area (Å²) < 4.78 is 13.6. The highest BCUT2D eigenvalue weighted by atomic mass is 32.2. The highest BCUT2D eigenvalue weighted by molar-refractivity contribution is 7.85. The summed E-state index contributed by atoms with van der Waals surface area (Å²) in [6.45, 7) is 4.84. The molecule has 0 aliphatic carbocycles. The molecule has 27 heavy (non-hydrogen) atoms. The first-order chi connectivity index (χ1) is 13.2. The Balaban J connectivity index is 1.71. The first-order valence-corrected chi connectivity index (χ1v) is 11.2. The Hall–Kier alpha value is -2.03. The summed E-state index contributed by atoms with van der Waals surface area (Å²) in [5.41, 5.74) is 7.66. The molecule has 0 amide bonds. The van der Waals surface area contributed by atoms with Gasteiger partial charge in [-0.25, -0.2) is 4.98 Å². The molecule has 3 heterocycles. The number of anilines is 2. The van der Waals surface area contributed by atoms with Crippen molar-refractivity contribution >= 4 is 44.1 Å². The molecular weight excluding hydrogens is 378 g/mol. The zero-order valence-corrected chi connectivity index (χ0v) is 16.9. The van der Waals surface area contributed by atoms with Crippen LogP contribution in [0.2, 0.25) is 0 Å². The second kappa shape index (κ2) is 7.92. The smallest absolute Gasteiger partial charge is 0.228 e. The first-order valence-electron chi connectivity index (χ1n) is 9.09. The number of nitrogens with two attached hydrogens (primary N) is 1. The van der Waals surface area contributed by atoms with Crippen LogP contribution < -0.4 is 16.0 Å². The third-order valence-electron chi connectivity index (χ3n) is 4.56. The van der Waals surface area contributed by atoms with Gasteiger partial charge in [0.15, 0.2) is 0 Å². The van der Waals surface area contributed by atoms with Crippen molar-refractivity contribution in [2.45, 2.75) is 24.8 Å². The standard InChI is InChI=1S/C19H23N5OS2/c1-13-11-15-17(26-13)18(21-8-4-7-20)23-19(22-15)24-9-10-27(25)16-6-3-2-5-14(16)12-24/h2-3,5-6,11H,4,7-10,12,20H2,1H3,(H,21,22,23). The Kier molecular flexibility index (Phi) is 5.38. The molecule has 3 N–H and O–H groups in total. The first kappa shape index (κ1) is 18.3. The fourth-order valence-electron chi connectivity index (χ4n) is 3.22. The van der Waals surface area contributed by atoms with Gasteiger partial charge in [-0.2, -0.15) is 4.98 Å². The van der Waals surface area contributed by atoms with Gasteiger partial charge in [-0.1, -0.05) is 18.2 Å². The molecule has 8 heteroatoms. The predicted octanol–water partition coefficient (Wildman–Crippen LogP) is 2.89. The van der Waals surface area contributed by atoms with Crippen molar-refractivity contribution in [2.24, 2.45) is 5.73 Å². The molecule has 1 aromatic carbocycles. The summed E-state index contributed by atoms with van der Waals surface area (Å²) in [7, 11) is -0.986. The highest BCUT2D eigenvalue weighted by Gasteiger charge is 2.22. The molecule has 0 spiro atoms. The van der Waals surface area contributed by atoms with E-state index in [-0.39, 0.29) is 0 Å². The minimum absolute atomic E-state index is 0.580. The Labute approximate surface area is 165 Å². The molecule has 2 aromatic heterocycles. The van der Waals surface area contributed by atoms with Crippen molar-refractivity contribution in [3.63, 3.8) is 0 Å². The van der Waals surface area contributed by atoms with E-state index in [0.29, 0.717) is 31.3 Å². The van der Waals surface area contributed by atoms with Gasteiger partial charge >= 0.3 is 0 Å². The maximum atomic E-state index is 12.6. The maximum Gasteiger partial charge on any atom is 0.228 e. The summed E-state index contributed by atoms with van der Waals surface area (Å²) >= 11 is 1.70. The quantitative estimate of drug-likeness (QED) is 0.640. The number of benzene rings is 1. The molecule has 142 valence electrons. The number of hydrogen-bond acceptors (Lipinski definition) is 7. The minimum atomic E-state index is -0.986. The van der Waals surface area contributed by atoms with E-state index in [4.69, 9.17) is 15.7 Å². The Bertz CT molecular complexity index is 987. The van der Waals surface area contributed by atoms with Crippen molar-refractivity contribution in [1.82, 2.24) is 9.97 Å². The van der Waals surface area contributed by atoms with Crippen LogP contribution in [0.1, 0.15) is 16.9 Å². The van der Waals surface area contributed by atoms with Crippen LogP contribution in [0, 0.1) is 6.92 Å². The Morgan fingerprint density at radius 2 is 2.19 bits per heavy atom. The molecule has 0 bridgehead atoms. The van der Waals surface area contributed by atoms with E-state index in [0.717, 1.165) is 39.5 Å². The summed E-state index contributed by atoms with van der Waals surface area (Å²) in [6, 6.07) is 10.0. The van der Waals surface area contributed by atoms with Crippen LogP contribution in [0.15, 0.2) is 35.2 Å². The van der Waals surface area contributed by atoms with Crippen molar-refractivity contribution in [3.05, 3.63) is 40.8 Å². The lowest BCUT2D eigenvalue weighted by Gasteiger charge is -2.21. The van der Waals surface area contributed by atoms with Crippen LogP contribution in [0.5, 0.6) is 0 Å². The number of aryl methyl sites for hydroxylation is 1. The van der Waals surface area contributed by atoms with Gasteiger partial charge in [0.1, 0.15) is 5.82 Å². The number of hydrogen-bond donors (Lipinski definition) is 2. The van der Waals surface area contributed by atoms with Gasteiger partial charge in [0.25, 0.3) is 0 Å². The monoisotopic (exact) mass is 401 g/mol. The van der Waals surface area contributed by atoms with Gasteiger partial charge in [0.05, 0.1) is 21.0 Å². The van der Waals surface area contributed by atoms with Gasteiger partial charge in [0, 0.05) is 35.2 Å². The van der Waals surface area contributed by atoms with Gasteiger partial charge in [0.2, 0.25) is 5.95 Å². The summed E-state index contributed by atoms with van der Waals surface area (Å²) in [6.07, 6.45) is 0.890. The predicted molar refractivity (Wildman–Crippen MR) is 113 cm³/mol. The van der Waals surface area contributed by atoms with E-state index in [2.05, 4.69) is 23.2 Å². The number of aromatic nitrogens is 2. The van der Waals surface area contributed by atoms with E-state index >= 15 is 0 Å². The second-order valence-electron chi connectivity index (χ2n) is 6.59. The lowest BCUT2D eigenvalue weighted by molar-refractivity contribution is 0.683. The van der Waals surface area contributed by atoms with E-state index in [1.807, 2.05) is 24.3 Å². The van der Waals surface area contributed by atoms with E-state index in [9.17, 15) is 4.21 Å². The fraction of sp³-hybridized carbons (Fsp3) is 0.368. The molecule has 1 aliphatic rings. The lowest BCUT2D eigenvalue weighted by atomic mass is 10.2. The molecule has 0 radical (unpaired) electrons. The van der Waals surface area contributed by atoms with Gasteiger partial charge in [-0.15, -0.1) is 11.3 Å². The highest BCUT2D eigenvalue weighted by Crippen LogP contribution is 2.32. The van der Waals surface area contributed by atoms with Crippen LogP contribution >= 0.6 is 11.3 Å². The van der Waals surface area contributed by atoms with E-state index < -0.39 is 10.8 Å². The molecule has 3 aromatic rings. The second-order valence-corrected chi connectivity index (χ2v) is 9.39. The van der Waals surface area contributed by atoms with E-state index in [1.165, 1.54) is 4.88 Å². The molecule has 0 saturated carbocycles. The molecule has 4 rings (SSSR count). The summed E-state index contributed by atoms with van der Waals surface area (Å²) in [5, 5.41) is 3.42. The Morgan fingerprint density at radius 1 is 1.33 bits per heavy atom. The fourth-order valence-corrected chi connectivity index (χ4v) is 5.40. The zero-order valence-electron chi connectivity index (χ0n) is 15.3. The van der Waals surface area contributed by atoms with Crippen molar-refractivity contribution in [2.75, 3.05) is 35.6 Å². The van der Waals surface area contributed by atoms with Gasteiger partial charge < -0.3 is 16.0 Å². The summed E-state index contributed by atoms with van der Waals surface area (Å²) in [5.74, 6) is 2.13. The number of thiophene rings is 1. The topological polar surface area (TPSA) is 84.1 Å². The van der Waals surface area contributed by atoms with Crippen LogP contribution in [-0.4, -0.2) is 39.6 Å². The third-order valence-corrected chi connectivity index (χ3v) is 7.05. The van der Waals surface area contributed by atoms with Crippen molar-refractivity contribution in [3.8, 4) is 0 Å². The molecule has 1 aliphatic heterocycles. The van der Waals surface area contributed by atoms with Crippen LogP contribution in [0.3, 0.4) is 0 Å². The normalized spacial score (nSPS) is 17.0. The van der Waals surface area contributed by atoms with Gasteiger partial charge in [-0.3, -0.25) is 4.21 Å². The van der Waals surface area contributed by atoms with E-state index in [1.54, 1.807) is 11.3 Å². The zero-order chi connectivity index (χ0) is 18.8. The molecule has 1 atom stereocenters. The Morgan fingerprint density at radius 3 is 3.04 bits per heavy atom. The molecule has 6 nitrogen and oxygen atoms in total. The largest absolute Gasteiger partial charge is 0.369 e. The van der Waals surface area contributed by atoms with Crippen molar-refractivity contribution < 1.29 is 4.21 Å². The number of nitrogens with one attached hydrogen (secondary N) is 1. The van der Waals surface area contributed by atoms with Crippen molar-refractivity contribution in [1.29, 1.82) is 0 Å². The van der Waals surface area contributed by atoms with Crippen LogP contribution in [0.4, 0.5) is 11.8 Å². The maximum absolute atomic E-state index is 12.6. The van der Waals surface area contributed by atoms with Crippen LogP contribution in [-0.2, 0) is 17.3 Å². The van der Waals surface area contributed by atoms with Crippen LogP contribution in [0.25, 0.3) is 10.2 Å². The minimum Gasteiger partial charge on any atom is -0.369 e. The lowest BCUT2D eigenvalue weighted by Crippen LogP contribution is -2.27. The molecular formula is C19H23N5OS2. The van der Waals surface area contributed by atoms with Gasteiger partial charge in [-0.05, 0) is 37.6 Å². The average Bonchev–Trinajstić information content (AvgIpc) is 2.96. The third kappa shape index (κ3) is 3.83. The average molecular weight is 402 g/mol. The SMILES string of the molecule is Cc1cc2nc(N3CCS(=O)c4ccccc4C3)nc(NCCCN)c2s1. The number of rotatable bonds is 5. The molecule has 0 fully saturated rings. The molecule has 0 saturated heterocycles. The number of fused-ring (bicyclic) bond motifs is 2. The molecule has 1 unspecified atom stereocenters. The summed E-state index contributed by atoms with van der Waals surface area (Å²) in [4.78, 5) is 13.9. The number of nitrogens with zero attached hydrogens (tertiary/aromatic N) is 3.